The number of benzene rings is 2. The number of fused-ring (bicyclic) bond motifs is 3. The maximum absolute atomic E-state index is 13.0. The Bertz CT molecular complexity index is 1720. The fourth-order valence-corrected chi connectivity index (χ4v) is 6.58. The second kappa shape index (κ2) is 12.8. The summed E-state index contributed by atoms with van der Waals surface area (Å²) in [6.07, 6.45) is 1.13. The fourth-order valence-electron chi connectivity index (χ4n) is 5.43. The van der Waals surface area contributed by atoms with Crippen molar-refractivity contribution in [2.24, 2.45) is 7.05 Å². The summed E-state index contributed by atoms with van der Waals surface area (Å²) in [6.45, 7) is 3.68. The summed E-state index contributed by atoms with van der Waals surface area (Å²) in [4.78, 5) is 2.46. The topological polar surface area (TPSA) is 68.3 Å². The second-order valence-corrected chi connectivity index (χ2v) is 12.6. The lowest BCUT2D eigenvalue weighted by Crippen LogP contribution is -2.28. The minimum absolute atomic E-state index is 0.449. The van der Waals surface area contributed by atoms with Gasteiger partial charge in [-0.3, -0.25) is 4.90 Å². The van der Waals surface area contributed by atoms with Crippen LogP contribution in [0.1, 0.15) is 36.3 Å². The van der Waals surface area contributed by atoms with Crippen molar-refractivity contribution in [1.29, 1.82) is 0 Å². The molecule has 3 aromatic heterocycles. The van der Waals surface area contributed by atoms with Crippen molar-refractivity contribution in [2.75, 3.05) is 30.8 Å². The van der Waals surface area contributed by atoms with Gasteiger partial charge in [0.25, 0.3) is 0 Å². The number of nitrogens with zero attached hydrogens (tertiary/aromatic N) is 4. The highest BCUT2D eigenvalue weighted by atomic mass is 79.9. The number of aromatic nitrogens is 3. The molecule has 4 heterocycles. The van der Waals surface area contributed by atoms with Crippen LogP contribution < -0.4 is 10.1 Å². The number of anilines is 2. The van der Waals surface area contributed by atoms with E-state index in [1.807, 2.05) is 23.7 Å². The van der Waals surface area contributed by atoms with E-state index in [-0.39, 0.29) is 0 Å². The van der Waals surface area contributed by atoms with E-state index in [0.29, 0.717) is 23.9 Å². The highest BCUT2D eigenvalue weighted by Gasteiger charge is 2.30. The maximum Gasteiger partial charge on any atom is 0.416 e. The summed E-state index contributed by atoms with van der Waals surface area (Å²) in [5, 5.41) is 13.2. The molecule has 2 aromatic carbocycles. The third kappa shape index (κ3) is 6.81. The molecule has 0 unspecified atom stereocenters. The number of nitrogens with one attached hydrogen (secondary N) is 1. The maximum atomic E-state index is 13.0. The van der Waals surface area contributed by atoms with Crippen LogP contribution in [-0.2, 0) is 25.5 Å². The predicted molar refractivity (Wildman–Crippen MR) is 168 cm³/mol. The van der Waals surface area contributed by atoms with Crippen molar-refractivity contribution in [3.8, 4) is 5.75 Å². The molecule has 6 rings (SSSR count). The van der Waals surface area contributed by atoms with Gasteiger partial charge >= 0.3 is 6.18 Å². The van der Waals surface area contributed by atoms with Gasteiger partial charge < -0.3 is 19.0 Å². The Morgan fingerprint density at radius 2 is 1.79 bits per heavy atom. The van der Waals surface area contributed by atoms with Crippen LogP contribution in [0, 0.1) is 0 Å². The van der Waals surface area contributed by atoms with E-state index >= 15 is 0 Å². The van der Waals surface area contributed by atoms with Gasteiger partial charge in [0.05, 0.1) is 51.6 Å². The van der Waals surface area contributed by atoms with Crippen molar-refractivity contribution in [1.82, 2.24) is 19.7 Å². The van der Waals surface area contributed by atoms with E-state index in [1.54, 1.807) is 18.0 Å². The Labute approximate surface area is 259 Å². The summed E-state index contributed by atoms with van der Waals surface area (Å²) in [6, 6.07) is 13.0. The SMILES string of the molecule is Cn1c2cc(Br)c(OCCSCc3ccc(CN4CCCCC4)o3)cc2c2c(Nc3ccc(C(F)(F)F)cc3)nncc21. The van der Waals surface area contributed by atoms with E-state index in [4.69, 9.17) is 9.15 Å². The lowest BCUT2D eigenvalue weighted by Gasteiger charge is -2.25. The van der Waals surface area contributed by atoms with Crippen molar-refractivity contribution >= 4 is 61.0 Å². The van der Waals surface area contributed by atoms with Crippen molar-refractivity contribution < 1.29 is 22.3 Å². The van der Waals surface area contributed by atoms with Crippen LogP contribution in [0.15, 0.2) is 63.6 Å². The monoisotopic (exact) mass is 673 g/mol. The number of rotatable bonds is 10. The van der Waals surface area contributed by atoms with Gasteiger partial charge in [-0.2, -0.15) is 30.0 Å². The zero-order valence-corrected chi connectivity index (χ0v) is 26.0. The quantitative estimate of drug-likeness (QED) is 0.149. The molecule has 0 saturated carbocycles. The van der Waals surface area contributed by atoms with E-state index in [1.165, 1.54) is 31.4 Å². The Balaban J connectivity index is 1.12. The van der Waals surface area contributed by atoms with Crippen LogP contribution in [0.3, 0.4) is 0 Å². The van der Waals surface area contributed by atoms with Crippen LogP contribution in [-0.4, -0.2) is 45.1 Å². The van der Waals surface area contributed by atoms with Crippen molar-refractivity contribution in [3.05, 3.63) is 76.3 Å². The second-order valence-electron chi connectivity index (χ2n) is 10.6. The average molecular weight is 675 g/mol. The first-order valence-corrected chi connectivity index (χ1v) is 16.1. The van der Waals surface area contributed by atoms with Gasteiger partial charge in [-0.25, -0.2) is 0 Å². The Morgan fingerprint density at radius 1 is 1.02 bits per heavy atom. The molecule has 0 atom stereocenters. The molecular formula is C31H31BrF3N5O2S. The number of thioether (sulfide) groups is 1. The number of piperidine rings is 1. The normalized spacial score (nSPS) is 14.5. The van der Waals surface area contributed by atoms with E-state index in [2.05, 4.69) is 48.5 Å². The summed E-state index contributed by atoms with van der Waals surface area (Å²) in [5.41, 5.74) is 1.54. The number of alkyl halides is 3. The number of hydrogen-bond donors (Lipinski definition) is 1. The highest BCUT2D eigenvalue weighted by molar-refractivity contribution is 9.10. The Kier molecular flexibility index (Phi) is 8.88. The van der Waals surface area contributed by atoms with Crippen LogP contribution in [0.25, 0.3) is 21.8 Å². The average Bonchev–Trinajstić information content (AvgIpc) is 3.55. The van der Waals surface area contributed by atoms with Crippen molar-refractivity contribution in [2.45, 2.75) is 37.7 Å². The molecule has 0 aliphatic carbocycles. The molecule has 1 aliphatic heterocycles. The van der Waals surface area contributed by atoms with Gasteiger partial charge in [0.2, 0.25) is 0 Å². The molecular weight excluding hydrogens is 643 g/mol. The lowest BCUT2D eigenvalue weighted by molar-refractivity contribution is -0.137. The molecule has 1 N–H and O–H groups in total. The molecule has 0 amide bonds. The Morgan fingerprint density at radius 3 is 2.56 bits per heavy atom. The number of furan rings is 1. The van der Waals surface area contributed by atoms with Gasteiger partial charge in [-0.05, 0) is 90.4 Å². The van der Waals surface area contributed by atoms with Crippen LogP contribution in [0.2, 0.25) is 0 Å². The van der Waals surface area contributed by atoms with Gasteiger partial charge in [0.1, 0.15) is 17.3 Å². The number of ether oxygens (including phenoxy) is 1. The molecule has 5 aromatic rings. The third-order valence-corrected chi connectivity index (χ3v) is 9.19. The minimum Gasteiger partial charge on any atom is -0.492 e. The fraction of sp³-hybridized carbons (Fsp3) is 0.355. The van der Waals surface area contributed by atoms with Crippen LogP contribution >= 0.6 is 27.7 Å². The van der Waals surface area contributed by atoms with E-state index in [0.717, 1.165) is 81.1 Å². The molecule has 226 valence electrons. The number of halogens is 4. The predicted octanol–water partition coefficient (Wildman–Crippen LogP) is 8.54. The molecule has 1 fully saturated rings. The van der Waals surface area contributed by atoms with Gasteiger partial charge in [0.15, 0.2) is 5.82 Å². The standard InChI is InChI=1S/C31H31BrF3N5O2S/c1-39-26-16-25(32)28(41-13-14-43-19-23-10-9-22(42-23)18-40-11-3-2-4-12-40)15-24(26)29-27(39)17-36-38-30(29)37-21-7-5-20(6-8-21)31(33,34)35/h5-10,15-17H,2-4,11-14,18-19H2,1H3,(H,37,38). The highest BCUT2D eigenvalue weighted by Crippen LogP contribution is 2.39. The first-order valence-electron chi connectivity index (χ1n) is 14.1. The van der Waals surface area contributed by atoms with Gasteiger partial charge in [-0.15, -0.1) is 5.10 Å². The summed E-state index contributed by atoms with van der Waals surface area (Å²) in [5.74, 6) is 4.71. The molecule has 0 spiro atoms. The smallest absolute Gasteiger partial charge is 0.416 e. The first kappa shape index (κ1) is 29.8. The number of aryl methyl sites for hydroxylation is 1. The zero-order valence-electron chi connectivity index (χ0n) is 23.6. The molecule has 0 bridgehead atoms. The number of hydrogen-bond acceptors (Lipinski definition) is 7. The Hall–Kier alpha value is -3.22. The molecule has 1 aliphatic rings. The first-order chi connectivity index (χ1) is 20.8. The van der Waals surface area contributed by atoms with Crippen molar-refractivity contribution in [3.63, 3.8) is 0 Å². The molecule has 7 nitrogen and oxygen atoms in total. The summed E-state index contributed by atoms with van der Waals surface area (Å²) < 4.78 is 54.1. The summed E-state index contributed by atoms with van der Waals surface area (Å²) in [7, 11) is 1.93. The van der Waals surface area contributed by atoms with Gasteiger partial charge in [0, 0.05) is 23.9 Å². The van der Waals surface area contributed by atoms with E-state index in [9.17, 15) is 13.2 Å². The zero-order chi connectivity index (χ0) is 30.0. The largest absolute Gasteiger partial charge is 0.492 e. The third-order valence-electron chi connectivity index (χ3n) is 7.62. The van der Waals surface area contributed by atoms with Crippen LogP contribution in [0.5, 0.6) is 5.75 Å². The molecule has 12 heteroatoms. The molecule has 1 saturated heterocycles. The minimum atomic E-state index is -4.40. The van der Waals surface area contributed by atoms with E-state index < -0.39 is 11.7 Å². The lowest BCUT2D eigenvalue weighted by atomic mass is 10.1. The molecule has 43 heavy (non-hydrogen) atoms. The number of likely N-dealkylation sites (tertiary alicyclic amines) is 1. The summed E-state index contributed by atoms with van der Waals surface area (Å²) >= 11 is 5.41. The van der Waals surface area contributed by atoms with Gasteiger partial charge in [-0.1, -0.05) is 6.42 Å². The molecule has 0 radical (unpaired) electrons. The van der Waals surface area contributed by atoms with Crippen LogP contribution in [0.4, 0.5) is 24.7 Å².